The van der Waals surface area contributed by atoms with E-state index in [1.165, 1.54) is 11.3 Å². The van der Waals surface area contributed by atoms with E-state index in [4.69, 9.17) is 16.4 Å². The van der Waals surface area contributed by atoms with Gasteiger partial charge in [-0.1, -0.05) is 41.0 Å². The molecule has 1 N–H and O–H groups in total. The van der Waals surface area contributed by atoms with Crippen LogP contribution in [-0.4, -0.2) is 32.5 Å². The predicted octanol–water partition coefficient (Wildman–Crippen LogP) is 3.69. The average molecular weight is 344 g/mol. The molecule has 0 aliphatic carbocycles. The molecule has 3 rings (SSSR count). The zero-order valence-corrected chi connectivity index (χ0v) is 14.8. The highest BCUT2D eigenvalue weighted by atomic mass is 35.5. The van der Waals surface area contributed by atoms with Gasteiger partial charge in [0.15, 0.2) is 0 Å². The maximum absolute atomic E-state index is 5.99. The van der Waals surface area contributed by atoms with E-state index in [1.54, 1.807) is 0 Å². The van der Waals surface area contributed by atoms with Crippen LogP contribution in [-0.2, 0) is 11.4 Å². The molecule has 4 nitrogen and oxygen atoms in total. The van der Waals surface area contributed by atoms with Crippen molar-refractivity contribution in [2.75, 3.05) is 25.5 Å². The number of anilines is 1. The first kappa shape index (κ1) is 16.8. The van der Waals surface area contributed by atoms with Crippen LogP contribution in [0.1, 0.15) is 17.5 Å². The lowest BCUT2D eigenvalue weighted by atomic mass is 10.0. The summed E-state index contributed by atoms with van der Waals surface area (Å²) < 4.78 is 0. The summed E-state index contributed by atoms with van der Waals surface area (Å²) in [5, 5.41) is 8.41. The first-order valence-electron chi connectivity index (χ1n) is 8.07. The highest BCUT2D eigenvalue weighted by Crippen LogP contribution is 2.19. The van der Waals surface area contributed by atoms with Gasteiger partial charge in [-0.15, -0.1) is 0 Å². The van der Waals surface area contributed by atoms with E-state index < -0.39 is 0 Å². The average Bonchev–Trinajstić information content (AvgIpc) is 3.04. The SMILES string of the molecule is CN(C)c1ccc(C2=NOC(CNCc3cccc(Cl)c3)C2)cc1. The van der Waals surface area contributed by atoms with Crippen LogP contribution in [0.3, 0.4) is 0 Å². The Morgan fingerprint density at radius 3 is 2.71 bits per heavy atom. The summed E-state index contributed by atoms with van der Waals surface area (Å²) in [7, 11) is 4.07. The molecule has 0 aromatic heterocycles. The maximum Gasteiger partial charge on any atom is 0.145 e. The summed E-state index contributed by atoms with van der Waals surface area (Å²) in [6, 6.07) is 16.3. The molecule has 0 amide bonds. The number of hydrogen-bond donors (Lipinski definition) is 1. The molecule has 1 aliphatic rings. The van der Waals surface area contributed by atoms with Crippen molar-refractivity contribution in [1.82, 2.24) is 5.32 Å². The van der Waals surface area contributed by atoms with Crippen molar-refractivity contribution >= 4 is 23.0 Å². The molecular weight excluding hydrogens is 322 g/mol. The summed E-state index contributed by atoms with van der Waals surface area (Å²) >= 11 is 5.99. The van der Waals surface area contributed by atoms with E-state index in [0.29, 0.717) is 0 Å². The Bertz CT molecular complexity index is 713. The molecule has 5 heteroatoms. The molecule has 0 bridgehead atoms. The summed E-state index contributed by atoms with van der Waals surface area (Å²) in [5.41, 5.74) is 4.48. The first-order valence-corrected chi connectivity index (χ1v) is 8.45. The number of nitrogens with one attached hydrogen (secondary N) is 1. The Kier molecular flexibility index (Phi) is 5.38. The second-order valence-electron chi connectivity index (χ2n) is 6.17. The zero-order valence-electron chi connectivity index (χ0n) is 14.0. The van der Waals surface area contributed by atoms with Crippen molar-refractivity contribution in [3.8, 4) is 0 Å². The topological polar surface area (TPSA) is 36.9 Å². The van der Waals surface area contributed by atoms with E-state index in [-0.39, 0.29) is 6.10 Å². The molecule has 1 aliphatic heterocycles. The van der Waals surface area contributed by atoms with Crippen LogP contribution >= 0.6 is 11.6 Å². The largest absolute Gasteiger partial charge is 0.390 e. The van der Waals surface area contributed by atoms with E-state index >= 15 is 0 Å². The van der Waals surface area contributed by atoms with Crippen molar-refractivity contribution in [3.63, 3.8) is 0 Å². The molecule has 24 heavy (non-hydrogen) atoms. The molecule has 0 fully saturated rings. The van der Waals surface area contributed by atoms with Gasteiger partial charge >= 0.3 is 0 Å². The Morgan fingerprint density at radius 1 is 1.21 bits per heavy atom. The quantitative estimate of drug-likeness (QED) is 0.869. The third-order valence-electron chi connectivity index (χ3n) is 4.04. The van der Waals surface area contributed by atoms with Gasteiger partial charge < -0.3 is 15.1 Å². The Balaban J connectivity index is 1.48. The van der Waals surface area contributed by atoms with Crippen LogP contribution in [0.5, 0.6) is 0 Å². The standard InChI is InChI=1S/C19H22ClN3O/c1-23(2)17-8-6-15(7-9-17)19-11-18(24-22-19)13-21-12-14-4-3-5-16(20)10-14/h3-10,18,21H,11-13H2,1-2H3. The van der Waals surface area contributed by atoms with Crippen LogP contribution in [0.4, 0.5) is 5.69 Å². The lowest BCUT2D eigenvalue weighted by molar-refractivity contribution is 0.0848. The third-order valence-corrected chi connectivity index (χ3v) is 4.28. The second kappa shape index (κ2) is 7.69. The fraction of sp³-hybridized carbons (Fsp3) is 0.316. The van der Waals surface area contributed by atoms with Crippen LogP contribution in [0.2, 0.25) is 5.02 Å². The molecule has 0 saturated carbocycles. The number of halogens is 1. The van der Waals surface area contributed by atoms with Gasteiger partial charge in [-0.2, -0.15) is 0 Å². The van der Waals surface area contributed by atoms with Crippen molar-refractivity contribution < 1.29 is 4.84 Å². The van der Waals surface area contributed by atoms with Gasteiger partial charge in [0.25, 0.3) is 0 Å². The van der Waals surface area contributed by atoms with Crippen molar-refractivity contribution in [1.29, 1.82) is 0 Å². The maximum atomic E-state index is 5.99. The first-order chi connectivity index (χ1) is 11.6. The van der Waals surface area contributed by atoms with Crippen molar-refractivity contribution in [2.45, 2.75) is 19.1 Å². The van der Waals surface area contributed by atoms with Gasteiger partial charge in [-0.05, 0) is 35.4 Å². The van der Waals surface area contributed by atoms with E-state index in [9.17, 15) is 0 Å². The normalized spacial score (nSPS) is 16.6. The number of rotatable bonds is 6. The Morgan fingerprint density at radius 2 is 2.00 bits per heavy atom. The van der Waals surface area contributed by atoms with Crippen molar-refractivity contribution in [3.05, 3.63) is 64.7 Å². The van der Waals surface area contributed by atoms with Gasteiger partial charge in [-0.3, -0.25) is 0 Å². The number of benzene rings is 2. The number of hydrogen-bond acceptors (Lipinski definition) is 4. The Hall–Kier alpha value is -2.04. The predicted molar refractivity (Wildman–Crippen MR) is 100.0 cm³/mol. The molecular formula is C19H22ClN3O. The molecule has 0 spiro atoms. The van der Waals surface area contributed by atoms with Crippen LogP contribution in [0, 0.1) is 0 Å². The van der Waals surface area contributed by atoms with Crippen LogP contribution in [0.15, 0.2) is 53.7 Å². The molecule has 1 heterocycles. The third kappa shape index (κ3) is 4.28. The van der Waals surface area contributed by atoms with Gasteiger partial charge in [0, 0.05) is 44.3 Å². The fourth-order valence-corrected chi connectivity index (χ4v) is 2.90. The number of nitrogens with zero attached hydrogens (tertiary/aromatic N) is 2. The van der Waals surface area contributed by atoms with Crippen LogP contribution < -0.4 is 10.2 Å². The second-order valence-corrected chi connectivity index (χ2v) is 6.61. The minimum atomic E-state index is 0.0766. The molecule has 1 atom stereocenters. The minimum Gasteiger partial charge on any atom is -0.390 e. The van der Waals surface area contributed by atoms with Crippen LogP contribution in [0.25, 0.3) is 0 Å². The lowest BCUT2D eigenvalue weighted by Gasteiger charge is -2.12. The van der Waals surface area contributed by atoms with E-state index in [2.05, 4.69) is 45.7 Å². The smallest absolute Gasteiger partial charge is 0.145 e. The van der Waals surface area contributed by atoms with Gasteiger partial charge in [0.1, 0.15) is 6.10 Å². The minimum absolute atomic E-state index is 0.0766. The summed E-state index contributed by atoms with van der Waals surface area (Å²) in [4.78, 5) is 7.63. The van der Waals surface area contributed by atoms with Crippen molar-refractivity contribution in [2.24, 2.45) is 5.16 Å². The fourth-order valence-electron chi connectivity index (χ4n) is 2.68. The number of oxime groups is 1. The van der Waals surface area contributed by atoms with Gasteiger partial charge in [-0.25, -0.2) is 0 Å². The highest BCUT2D eigenvalue weighted by Gasteiger charge is 2.21. The molecule has 0 radical (unpaired) electrons. The van der Waals surface area contributed by atoms with Gasteiger partial charge in [0.05, 0.1) is 5.71 Å². The Labute approximate surface area is 148 Å². The monoisotopic (exact) mass is 343 g/mol. The molecule has 1 unspecified atom stereocenters. The summed E-state index contributed by atoms with van der Waals surface area (Å²) in [6.45, 7) is 1.53. The molecule has 126 valence electrons. The molecule has 0 saturated heterocycles. The van der Waals surface area contributed by atoms with E-state index in [1.807, 2.05) is 32.3 Å². The van der Waals surface area contributed by atoms with E-state index in [0.717, 1.165) is 35.8 Å². The molecule has 2 aromatic rings. The summed E-state index contributed by atoms with van der Waals surface area (Å²) in [6.07, 6.45) is 0.900. The lowest BCUT2D eigenvalue weighted by Crippen LogP contribution is -2.26. The van der Waals surface area contributed by atoms with Gasteiger partial charge in [0.2, 0.25) is 0 Å². The summed E-state index contributed by atoms with van der Waals surface area (Å²) in [5.74, 6) is 0. The molecule has 2 aromatic carbocycles. The highest BCUT2D eigenvalue weighted by molar-refractivity contribution is 6.30. The zero-order chi connectivity index (χ0) is 16.9.